The maximum Gasteiger partial charge on any atom is 0.150 e. The first-order valence-corrected chi connectivity index (χ1v) is 6.53. The lowest BCUT2D eigenvalue weighted by Gasteiger charge is -2.11. The highest BCUT2D eigenvalue weighted by atomic mass is 19.1. The van der Waals surface area contributed by atoms with E-state index in [2.05, 4.69) is 18.8 Å². The highest BCUT2D eigenvalue weighted by molar-refractivity contribution is 5.85. The number of halogens is 1. The number of aromatic amines is 1. The molecule has 0 aliphatic heterocycles. The van der Waals surface area contributed by atoms with Gasteiger partial charge in [0, 0.05) is 17.6 Å². The van der Waals surface area contributed by atoms with Crippen molar-refractivity contribution < 1.29 is 9.13 Å². The van der Waals surface area contributed by atoms with Crippen molar-refractivity contribution in [1.29, 1.82) is 0 Å². The standard InChI is InChI=1S/C15H20FNO.H3N/c1-4-10(5-2)6-11-9-17-15-13(11)7-12(18-3)8-14(15)16;/h7-10,17H,4-6H2,1-3H3;1H3. The third-order valence-electron chi connectivity index (χ3n) is 3.70. The molecule has 1 aromatic carbocycles. The third-order valence-corrected chi connectivity index (χ3v) is 3.70. The summed E-state index contributed by atoms with van der Waals surface area (Å²) >= 11 is 0. The molecule has 0 amide bonds. The van der Waals surface area contributed by atoms with Crippen LogP contribution < -0.4 is 10.9 Å². The summed E-state index contributed by atoms with van der Waals surface area (Å²) in [7, 11) is 1.56. The first-order valence-electron chi connectivity index (χ1n) is 6.53. The molecule has 2 rings (SSSR count). The maximum atomic E-state index is 13.8. The number of fused-ring (bicyclic) bond motifs is 1. The van der Waals surface area contributed by atoms with Gasteiger partial charge in [-0.2, -0.15) is 0 Å². The SMILES string of the molecule is CCC(CC)Cc1c[nH]c2c(F)cc(OC)cc12.N. The summed E-state index contributed by atoms with van der Waals surface area (Å²) in [4.78, 5) is 3.03. The monoisotopic (exact) mass is 266 g/mol. The smallest absolute Gasteiger partial charge is 0.150 e. The summed E-state index contributed by atoms with van der Waals surface area (Å²) in [5.74, 6) is 0.976. The Bertz CT molecular complexity index is 532. The summed E-state index contributed by atoms with van der Waals surface area (Å²) in [5.41, 5.74) is 1.76. The Balaban J connectivity index is 0.00000180. The number of ether oxygens (including phenoxy) is 1. The van der Waals surface area contributed by atoms with Crippen molar-refractivity contribution in [3.8, 4) is 5.75 Å². The normalized spacial score (nSPS) is 10.8. The molecule has 0 aliphatic rings. The van der Waals surface area contributed by atoms with Crippen molar-refractivity contribution in [3.05, 3.63) is 29.7 Å². The average molecular weight is 266 g/mol. The molecule has 0 aliphatic carbocycles. The van der Waals surface area contributed by atoms with Crippen LogP contribution in [0, 0.1) is 11.7 Å². The Morgan fingerprint density at radius 3 is 2.53 bits per heavy atom. The maximum absolute atomic E-state index is 13.8. The number of methoxy groups -OCH3 is 1. The largest absolute Gasteiger partial charge is 0.497 e. The van der Waals surface area contributed by atoms with Crippen molar-refractivity contribution in [3.63, 3.8) is 0 Å². The topological polar surface area (TPSA) is 60.0 Å². The van der Waals surface area contributed by atoms with Gasteiger partial charge >= 0.3 is 0 Å². The van der Waals surface area contributed by atoms with Gasteiger partial charge in [-0.15, -0.1) is 0 Å². The van der Waals surface area contributed by atoms with Gasteiger partial charge < -0.3 is 15.9 Å². The molecule has 2 aromatic rings. The Morgan fingerprint density at radius 1 is 1.26 bits per heavy atom. The van der Waals surface area contributed by atoms with E-state index in [4.69, 9.17) is 4.74 Å². The van der Waals surface area contributed by atoms with E-state index in [0.29, 0.717) is 17.2 Å². The molecule has 1 aromatic heterocycles. The molecule has 0 atom stereocenters. The Labute approximate surface area is 113 Å². The molecule has 3 nitrogen and oxygen atoms in total. The average Bonchev–Trinajstić information content (AvgIpc) is 2.79. The molecule has 4 heteroatoms. The quantitative estimate of drug-likeness (QED) is 0.839. The van der Waals surface area contributed by atoms with E-state index in [9.17, 15) is 4.39 Å². The van der Waals surface area contributed by atoms with Crippen LogP contribution in [0.3, 0.4) is 0 Å². The number of hydrogen-bond donors (Lipinski definition) is 2. The second kappa shape index (κ2) is 6.57. The van der Waals surface area contributed by atoms with E-state index in [-0.39, 0.29) is 12.0 Å². The number of hydrogen-bond acceptors (Lipinski definition) is 2. The summed E-state index contributed by atoms with van der Waals surface area (Å²) in [6.07, 6.45) is 5.20. The molecule has 0 saturated heterocycles. The Kier molecular flexibility index (Phi) is 5.36. The van der Waals surface area contributed by atoms with Crippen molar-refractivity contribution in [1.82, 2.24) is 11.1 Å². The second-order valence-corrected chi connectivity index (χ2v) is 4.73. The molecule has 4 N–H and O–H groups in total. The lowest BCUT2D eigenvalue weighted by Crippen LogP contribution is -2.00. The van der Waals surface area contributed by atoms with Gasteiger partial charge in [0.15, 0.2) is 5.82 Å². The minimum absolute atomic E-state index is 0. The zero-order valence-electron chi connectivity index (χ0n) is 11.9. The zero-order chi connectivity index (χ0) is 13.1. The van der Waals surface area contributed by atoms with Gasteiger partial charge in [-0.25, -0.2) is 4.39 Å². The minimum Gasteiger partial charge on any atom is -0.497 e. The van der Waals surface area contributed by atoms with Crippen LogP contribution in [-0.4, -0.2) is 12.1 Å². The van der Waals surface area contributed by atoms with Crippen LogP contribution in [0.2, 0.25) is 0 Å². The molecule has 1 heterocycles. The predicted octanol–water partition coefficient (Wildman–Crippen LogP) is 4.46. The highest BCUT2D eigenvalue weighted by Crippen LogP contribution is 2.29. The molecule has 0 fully saturated rings. The Hall–Kier alpha value is -1.55. The van der Waals surface area contributed by atoms with Crippen LogP contribution in [0.15, 0.2) is 18.3 Å². The van der Waals surface area contributed by atoms with Crippen molar-refractivity contribution in [2.45, 2.75) is 33.1 Å². The number of aromatic nitrogens is 1. The zero-order valence-corrected chi connectivity index (χ0v) is 11.9. The van der Waals surface area contributed by atoms with E-state index in [1.165, 1.54) is 11.6 Å². The Morgan fingerprint density at radius 2 is 1.95 bits per heavy atom. The van der Waals surface area contributed by atoms with Gasteiger partial charge in [-0.3, -0.25) is 0 Å². The minimum atomic E-state index is -0.250. The molecule has 0 radical (unpaired) electrons. The van der Waals surface area contributed by atoms with Crippen LogP contribution in [0.4, 0.5) is 4.39 Å². The summed E-state index contributed by atoms with van der Waals surface area (Å²) in [5, 5.41) is 0.943. The predicted molar refractivity (Wildman–Crippen MR) is 77.6 cm³/mol. The van der Waals surface area contributed by atoms with E-state index in [1.807, 2.05) is 12.3 Å². The fourth-order valence-electron chi connectivity index (χ4n) is 2.39. The van der Waals surface area contributed by atoms with Crippen LogP contribution in [-0.2, 0) is 6.42 Å². The van der Waals surface area contributed by atoms with E-state index in [1.54, 1.807) is 7.11 Å². The van der Waals surface area contributed by atoms with Gasteiger partial charge in [-0.05, 0) is 24.0 Å². The number of H-pyrrole nitrogens is 1. The molecule has 0 saturated carbocycles. The summed E-state index contributed by atoms with van der Waals surface area (Å²) in [6, 6.07) is 3.33. The van der Waals surface area contributed by atoms with E-state index in [0.717, 1.165) is 24.6 Å². The highest BCUT2D eigenvalue weighted by Gasteiger charge is 2.13. The lowest BCUT2D eigenvalue weighted by atomic mass is 9.94. The van der Waals surface area contributed by atoms with Crippen LogP contribution in [0.1, 0.15) is 32.3 Å². The lowest BCUT2D eigenvalue weighted by molar-refractivity contribution is 0.412. The molecular formula is C15H23FN2O. The third kappa shape index (κ3) is 3.07. The molecule has 0 bridgehead atoms. The fraction of sp³-hybridized carbons (Fsp3) is 0.467. The summed E-state index contributed by atoms with van der Waals surface area (Å²) < 4.78 is 19.0. The van der Waals surface area contributed by atoms with E-state index < -0.39 is 0 Å². The number of nitrogens with one attached hydrogen (secondary N) is 1. The second-order valence-electron chi connectivity index (χ2n) is 4.73. The van der Waals surface area contributed by atoms with Crippen LogP contribution >= 0.6 is 0 Å². The van der Waals surface area contributed by atoms with Crippen LogP contribution in [0.25, 0.3) is 10.9 Å². The number of benzene rings is 1. The van der Waals surface area contributed by atoms with E-state index >= 15 is 0 Å². The van der Waals surface area contributed by atoms with Gasteiger partial charge in [0.1, 0.15) is 5.75 Å². The molecule has 0 unspecified atom stereocenters. The van der Waals surface area contributed by atoms with Gasteiger partial charge in [-0.1, -0.05) is 26.7 Å². The van der Waals surface area contributed by atoms with Crippen molar-refractivity contribution >= 4 is 10.9 Å². The fourth-order valence-corrected chi connectivity index (χ4v) is 2.39. The summed E-state index contributed by atoms with van der Waals surface area (Å²) in [6.45, 7) is 4.40. The van der Waals surface area contributed by atoms with Crippen LogP contribution in [0.5, 0.6) is 5.75 Å². The first-order chi connectivity index (χ1) is 8.69. The molecule has 106 valence electrons. The van der Waals surface area contributed by atoms with Crippen molar-refractivity contribution in [2.75, 3.05) is 7.11 Å². The van der Waals surface area contributed by atoms with Gasteiger partial charge in [0.25, 0.3) is 0 Å². The molecule has 19 heavy (non-hydrogen) atoms. The van der Waals surface area contributed by atoms with Gasteiger partial charge in [0.05, 0.1) is 12.6 Å². The van der Waals surface area contributed by atoms with Crippen molar-refractivity contribution in [2.24, 2.45) is 5.92 Å². The number of rotatable bonds is 5. The first kappa shape index (κ1) is 15.5. The molecule has 0 spiro atoms. The molecular weight excluding hydrogens is 243 g/mol. The van der Waals surface area contributed by atoms with Gasteiger partial charge in [0.2, 0.25) is 0 Å².